The molecule has 2 N–H and O–H groups in total. The van der Waals surface area contributed by atoms with Gasteiger partial charge >= 0.3 is 0 Å². The number of hydrogen-bond donors (Lipinski definition) is 1. The number of nitrogens with zero attached hydrogens (tertiary/aromatic N) is 1. The molecule has 0 saturated heterocycles. The molecule has 0 unspecified atom stereocenters. The van der Waals surface area contributed by atoms with Crippen LogP contribution in [0.5, 0.6) is 0 Å². The summed E-state index contributed by atoms with van der Waals surface area (Å²) in [4.78, 5) is 13.1. The summed E-state index contributed by atoms with van der Waals surface area (Å²) in [5, 5.41) is 0. The predicted octanol–water partition coefficient (Wildman–Crippen LogP) is 0.963. The van der Waals surface area contributed by atoms with Crippen molar-refractivity contribution in [3.8, 4) is 0 Å². The van der Waals surface area contributed by atoms with Crippen LogP contribution in [0, 0.1) is 5.41 Å². The van der Waals surface area contributed by atoms with Crippen LogP contribution in [-0.4, -0.2) is 38.3 Å². The molecule has 84 valence electrons. The molecule has 0 atom stereocenters. The Morgan fingerprint density at radius 3 is 2.33 bits per heavy atom. The first-order chi connectivity index (χ1) is 6.82. The Morgan fingerprint density at radius 1 is 1.47 bits per heavy atom. The Kier molecular flexibility index (Phi) is 5.65. The fourth-order valence-corrected chi connectivity index (χ4v) is 1.04. The molecule has 0 aromatic rings. The van der Waals surface area contributed by atoms with Crippen molar-refractivity contribution in [1.82, 2.24) is 4.90 Å². The minimum atomic E-state index is -0.0779. The molecule has 3 nitrogen and oxygen atoms in total. The van der Waals surface area contributed by atoms with Gasteiger partial charge in [0.1, 0.15) is 0 Å². The van der Waals surface area contributed by atoms with Crippen LogP contribution < -0.4 is 5.73 Å². The Balaban J connectivity index is 4.42. The molecule has 0 aromatic carbocycles. The van der Waals surface area contributed by atoms with Crippen molar-refractivity contribution in [3.05, 3.63) is 12.2 Å². The zero-order chi connectivity index (χ0) is 12.1. The highest BCUT2D eigenvalue weighted by Gasteiger charge is 2.19. The molecular weight excluding hydrogens is 187 g/mol. The van der Waals surface area contributed by atoms with Gasteiger partial charge in [-0.25, -0.2) is 0 Å². The van der Waals surface area contributed by atoms with Gasteiger partial charge in [-0.05, 0) is 11.7 Å². The molecule has 2 radical (unpaired) electrons. The monoisotopic (exact) mass is 208 g/mol. The fraction of sp³-hybridized carbons (Fsp3) is 0.727. The first-order valence-electron chi connectivity index (χ1n) is 5.19. The second-order valence-corrected chi connectivity index (χ2v) is 4.66. The standard InChI is InChI=1S/C11H21BN2O/c1-9(11(2,3)4)8-14(6-5-13)10(15)7-12/h1,5-8,13H2,2-4H3. The van der Waals surface area contributed by atoms with Gasteiger partial charge in [-0.15, -0.1) is 0 Å². The summed E-state index contributed by atoms with van der Waals surface area (Å²) in [5.74, 6) is -0.0779. The van der Waals surface area contributed by atoms with Crippen LogP contribution in [0.3, 0.4) is 0 Å². The quantitative estimate of drug-likeness (QED) is 0.540. The third-order valence-electron chi connectivity index (χ3n) is 2.37. The first-order valence-corrected chi connectivity index (χ1v) is 5.19. The maximum absolute atomic E-state index is 11.5. The van der Waals surface area contributed by atoms with Gasteiger partial charge in [0.25, 0.3) is 0 Å². The summed E-state index contributed by atoms with van der Waals surface area (Å²) in [6.07, 6.45) is 0.0252. The van der Waals surface area contributed by atoms with Crippen molar-refractivity contribution in [3.63, 3.8) is 0 Å². The third kappa shape index (κ3) is 5.02. The zero-order valence-electron chi connectivity index (χ0n) is 10.0. The molecule has 0 spiro atoms. The molecule has 0 aliphatic rings. The average molecular weight is 208 g/mol. The highest BCUT2D eigenvalue weighted by Crippen LogP contribution is 2.24. The fourth-order valence-electron chi connectivity index (χ4n) is 1.04. The van der Waals surface area contributed by atoms with E-state index in [-0.39, 0.29) is 17.6 Å². The van der Waals surface area contributed by atoms with E-state index in [1.54, 1.807) is 4.90 Å². The number of carbonyl (C=O) groups excluding carboxylic acids is 1. The highest BCUT2D eigenvalue weighted by molar-refractivity contribution is 6.19. The van der Waals surface area contributed by atoms with E-state index in [4.69, 9.17) is 13.6 Å². The Morgan fingerprint density at radius 2 is 2.00 bits per heavy atom. The number of carbonyl (C=O) groups is 1. The van der Waals surface area contributed by atoms with E-state index in [1.807, 2.05) is 0 Å². The van der Waals surface area contributed by atoms with Crippen molar-refractivity contribution in [2.24, 2.45) is 11.1 Å². The van der Waals surface area contributed by atoms with Crippen molar-refractivity contribution in [1.29, 1.82) is 0 Å². The summed E-state index contributed by atoms with van der Waals surface area (Å²) in [5.41, 5.74) is 6.46. The van der Waals surface area contributed by atoms with Crippen molar-refractivity contribution >= 4 is 13.8 Å². The van der Waals surface area contributed by atoms with Gasteiger partial charge in [-0.3, -0.25) is 4.79 Å². The molecule has 0 aromatic heterocycles. The number of rotatable bonds is 5. The van der Waals surface area contributed by atoms with E-state index in [0.717, 1.165) is 5.57 Å². The molecule has 0 aliphatic carbocycles. The summed E-state index contributed by atoms with van der Waals surface area (Å²) in [7, 11) is 5.33. The average Bonchev–Trinajstić information content (AvgIpc) is 2.14. The second kappa shape index (κ2) is 5.96. The molecule has 15 heavy (non-hydrogen) atoms. The number of nitrogens with two attached hydrogens (primary N) is 1. The van der Waals surface area contributed by atoms with Crippen LogP contribution in [0.1, 0.15) is 20.8 Å². The van der Waals surface area contributed by atoms with Gasteiger partial charge in [0.05, 0.1) is 7.85 Å². The number of hydrogen-bond acceptors (Lipinski definition) is 2. The SMILES string of the molecule is [B]CC(=O)N(CCN)CC(=C)C(C)(C)C. The van der Waals surface area contributed by atoms with E-state index in [1.165, 1.54) is 0 Å². The largest absolute Gasteiger partial charge is 0.338 e. The van der Waals surface area contributed by atoms with E-state index in [9.17, 15) is 4.79 Å². The summed E-state index contributed by atoms with van der Waals surface area (Å²) in [6.45, 7) is 11.7. The molecule has 0 bridgehead atoms. The van der Waals surface area contributed by atoms with E-state index in [2.05, 4.69) is 27.4 Å². The van der Waals surface area contributed by atoms with E-state index < -0.39 is 0 Å². The van der Waals surface area contributed by atoms with Gasteiger partial charge in [0.15, 0.2) is 0 Å². The van der Waals surface area contributed by atoms with Gasteiger partial charge in [0, 0.05) is 19.6 Å². The Labute approximate surface area is 94.1 Å². The minimum Gasteiger partial charge on any atom is -0.338 e. The molecular formula is C11H21BN2O. The summed E-state index contributed by atoms with van der Waals surface area (Å²) < 4.78 is 0. The number of amides is 1. The van der Waals surface area contributed by atoms with Crippen molar-refractivity contribution in [2.75, 3.05) is 19.6 Å². The molecule has 0 rings (SSSR count). The summed E-state index contributed by atoms with van der Waals surface area (Å²) >= 11 is 0. The van der Waals surface area contributed by atoms with Gasteiger partial charge < -0.3 is 10.6 Å². The summed E-state index contributed by atoms with van der Waals surface area (Å²) in [6, 6.07) is 0. The van der Waals surface area contributed by atoms with Crippen LogP contribution in [-0.2, 0) is 4.79 Å². The lowest BCUT2D eigenvalue weighted by molar-refractivity contribution is -0.128. The lowest BCUT2D eigenvalue weighted by atomic mass is 9.87. The molecule has 0 heterocycles. The normalized spacial score (nSPS) is 11.2. The van der Waals surface area contributed by atoms with E-state index in [0.29, 0.717) is 19.6 Å². The molecule has 0 aliphatic heterocycles. The second-order valence-electron chi connectivity index (χ2n) is 4.66. The Hall–Kier alpha value is -0.765. The molecule has 0 fully saturated rings. The van der Waals surface area contributed by atoms with Crippen LogP contribution in [0.2, 0.25) is 6.32 Å². The molecule has 4 heteroatoms. The topological polar surface area (TPSA) is 46.3 Å². The van der Waals surface area contributed by atoms with Crippen LogP contribution in [0.4, 0.5) is 0 Å². The highest BCUT2D eigenvalue weighted by atomic mass is 16.2. The van der Waals surface area contributed by atoms with Crippen molar-refractivity contribution < 1.29 is 4.79 Å². The third-order valence-corrected chi connectivity index (χ3v) is 2.37. The van der Waals surface area contributed by atoms with Gasteiger partial charge in [0.2, 0.25) is 5.91 Å². The molecule has 0 saturated carbocycles. The smallest absolute Gasteiger partial charge is 0.214 e. The lowest BCUT2D eigenvalue weighted by Gasteiger charge is -2.29. The van der Waals surface area contributed by atoms with Gasteiger partial charge in [-0.1, -0.05) is 32.9 Å². The van der Waals surface area contributed by atoms with Crippen LogP contribution in [0.15, 0.2) is 12.2 Å². The molecule has 1 amide bonds. The van der Waals surface area contributed by atoms with Crippen molar-refractivity contribution in [2.45, 2.75) is 27.1 Å². The van der Waals surface area contributed by atoms with Gasteiger partial charge in [-0.2, -0.15) is 0 Å². The lowest BCUT2D eigenvalue weighted by Crippen LogP contribution is -2.38. The first kappa shape index (κ1) is 14.2. The minimum absolute atomic E-state index is 0.00171. The Bertz CT molecular complexity index is 233. The maximum Gasteiger partial charge on any atom is 0.214 e. The maximum atomic E-state index is 11.5. The van der Waals surface area contributed by atoms with E-state index >= 15 is 0 Å². The van der Waals surface area contributed by atoms with Crippen LogP contribution >= 0.6 is 0 Å². The van der Waals surface area contributed by atoms with Crippen LogP contribution in [0.25, 0.3) is 0 Å². The zero-order valence-corrected chi connectivity index (χ0v) is 10.0. The predicted molar refractivity (Wildman–Crippen MR) is 64.8 cm³/mol.